The number of aliphatic hydroxyl groups excluding tert-OH is 2. The SMILES string of the molecule is O=C(O)CCC[C@H]1CC[C@@H]2[C@@H](CC[C@@H](O)COc3ccccc3)[C@H](O)C[C@@H]2S1. The van der Waals surface area contributed by atoms with Gasteiger partial charge in [-0.1, -0.05) is 18.2 Å². The van der Waals surface area contributed by atoms with Crippen molar-refractivity contribution in [3.05, 3.63) is 30.3 Å². The fraction of sp³-hybridized carbons (Fsp3) is 0.682. The Morgan fingerprint density at radius 1 is 1.21 bits per heavy atom. The van der Waals surface area contributed by atoms with Gasteiger partial charge in [0.05, 0.1) is 12.2 Å². The Morgan fingerprint density at radius 2 is 2.00 bits per heavy atom. The molecular weight excluding hydrogens is 376 g/mol. The van der Waals surface area contributed by atoms with Gasteiger partial charge in [-0.05, 0) is 68.9 Å². The van der Waals surface area contributed by atoms with Gasteiger partial charge in [0.25, 0.3) is 0 Å². The molecule has 6 atom stereocenters. The molecule has 1 saturated carbocycles. The fourth-order valence-corrected chi connectivity index (χ4v) is 6.59. The molecule has 0 spiro atoms. The van der Waals surface area contributed by atoms with Crippen molar-refractivity contribution in [2.75, 3.05) is 6.61 Å². The summed E-state index contributed by atoms with van der Waals surface area (Å²) in [5.41, 5.74) is 0. The number of thioether (sulfide) groups is 1. The van der Waals surface area contributed by atoms with Crippen LogP contribution >= 0.6 is 11.8 Å². The number of rotatable bonds is 10. The molecule has 3 N–H and O–H groups in total. The average molecular weight is 409 g/mol. The van der Waals surface area contributed by atoms with E-state index in [0.717, 1.165) is 44.3 Å². The predicted molar refractivity (Wildman–Crippen MR) is 111 cm³/mol. The molecule has 0 amide bonds. The number of hydrogen-bond donors (Lipinski definition) is 3. The van der Waals surface area contributed by atoms with Crippen LogP contribution in [-0.4, -0.2) is 50.6 Å². The second kappa shape index (κ2) is 10.5. The van der Waals surface area contributed by atoms with Gasteiger partial charge in [0.2, 0.25) is 0 Å². The Morgan fingerprint density at radius 3 is 2.75 bits per heavy atom. The highest BCUT2D eigenvalue weighted by Crippen LogP contribution is 2.50. The van der Waals surface area contributed by atoms with Crippen LogP contribution in [0.5, 0.6) is 5.75 Å². The third kappa shape index (κ3) is 6.13. The highest BCUT2D eigenvalue weighted by molar-refractivity contribution is 8.00. The molecule has 0 radical (unpaired) electrons. The van der Waals surface area contributed by atoms with Crippen LogP contribution in [0.1, 0.15) is 51.4 Å². The lowest BCUT2D eigenvalue weighted by Gasteiger charge is -2.34. The highest BCUT2D eigenvalue weighted by atomic mass is 32.2. The van der Waals surface area contributed by atoms with Crippen LogP contribution in [0.2, 0.25) is 0 Å². The summed E-state index contributed by atoms with van der Waals surface area (Å²) >= 11 is 1.96. The monoisotopic (exact) mass is 408 g/mol. The summed E-state index contributed by atoms with van der Waals surface area (Å²) < 4.78 is 5.63. The summed E-state index contributed by atoms with van der Waals surface area (Å²) in [6, 6.07) is 9.51. The van der Waals surface area contributed by atoms with Crippen molar-refractivity contribution >= 4 is 17.7 Å². The Kier molecular flexibility index (Phi) is 8.06. The van der Waals surface area contributed by atoms with Crippen molar-refractivity contribution in [3.8, 4) is 5.75 Å². The minimum absolute atomic E-state index is 0.249. The average Bonchev–Trinajstić information content (AvgIpc) is 2.99. The largest absolute Gasteiger partial charge is 0.491 e. The van der Waals surface area contributed by atoms with E-state index in [-0.39, 0.29) is 25.0 Å². The van der Waals surface area contributed by atoms with Crippen molar-refractivity contribution in [2.24, 2.45) is 11.8 Å². The number of ether oxygens (including phenoxy) is 1. The first-order valence-corrected chi connectivity index (χ1v) is 11.4. The Labute approximate surface area is 171 Å². The lowest BCUT2D eigenvalue weighted by Crippen LogP contribution is -2.29. The zero-order valence-electron chi connectivity index (χ0n) is 16.3. The number of carboxylic acids is 1. The number of benzene rings is 1. The minimum Gasteiger partial charge on any atom is -0.491 e. The van der Waals surface area contributed by atoms with Crippen LogP contribution < -0.4 is 4.74 Å². The van der Waals surface area contributed by atoms with Crippen molar-refractivity contribution in [1.82, 2.24) is 0 Å². The molecular formula is C22H32O5S. The molecule has 28 heavy (non-hydrogen) atoms. The van der Waals surface area contributed by atoms with E-state index in [1.54, 1.807) is 0 Å². The minimum atomic E-state index is -0.718. The summed E-state index contributed by atoms with van der Waals surface area (Å²) in [6.45, 7) is 0.279. The molecule has 1 saturated heterocycles. The van der Waals surface area contributed by atoms with Gasteiger partial charge < -0.3 is 20.1 Å². The first kappa shape index (κ1) is 21.5. The van der Waals surface area contributed by atoms with E-state index in [4.69, 9.17) is 9.84 Å². The second-order valence-electron chi connectivity index (χ2n) is 8.15. The van der Waals surface area contributed by atoms with Crippen molar-refractivity contribution < 1.29 is 24.9 Å². The first-order chi connectivity index (χ1) is 13.5. The van der Waals surface area contributed by atoms with Gasteiger partial charge >= 0.3 is 5.97 Å². The third-order valence-electron chi connectivity index (χ3n) is 6.12. The summed E-state index contributed by atoms with van der Waals surface area (Å²) in [6.07, 6.45) is 5.64. The molecule has 0 unspecified atom stereocenters. The van der Waals surface area contributed by atoms with Crippen LogP contribution in [-0.2, 0) is 4.79 Å². The number of carbonyl (C=O) groups is 1. The van der Waals surface area contributed by atoms with Crippen LogP contribution in [0, 0.1) is 11.8 Å². The highest BCUT2D eigenvalue weighted by Gasteiger charge is 2.45. The van der Waals surface area contributed by atoms with Crippen LogP contribution in [0.15, 0.2) is 30.3 Å². The Bertz CT molecular complexity index is 610. The molecule has 2 aliphatic rings. The first-order valence-electron chi connectivity index (χ1n) is 10.4. The van der Waals surface area contributed by atoms with E-state index in [2.05, 4.69) is 0 Å². The molecule has 6 heteroatoms. The molecule has 156 valence electrons. The van der Waals surface area contributed by atoms with Crippen LogP contribution in [0.4, 0.5) is 0 Å². The van der Waals surface area contributed by atoms with Gasteiger partial charge in [0.1, 0.15) is 12.4 Å². The number of fused-ring (bicyclic) bond motifs is 1. The van der Waals surface area contributed by atoms with Crippen molar-refractivity contribution in [2.45, 2.75) is 74.1 Å². The molecule has 5 nitrogen and oxygen atoms in total. The topological polar surface area (TPSA) is 87.0 Å². The van der Waals surface area contributed by atoms with Gasteiger partial charge in [-0.15, -0.1) is 0 Å². The van der Waals surface area contributed by atoms with Gasteiger partial charge in [0, 0.05) is 16.9 Å². The van der Waals surface area contributed by atoms with Gasteiger partial charge in [0.15, 0.2) is 0 Å². The number of aliphatic carboxylic acids is 1. The predicted octanol–water partition coefficient (Wildman–Crippen LogP) is 3.72. The molecule has 3 rings (SSSR count). The van der Waals surface area contributed by atoms with E-state index in [1.165, 1.54) is 0 Å². The normalized spacial score (nSPS) is 30.6. The van der Waals surface area contributed by atoms with E-state index in [0.29, 0.717) is 22.8 Å². The molecule has 0 bridgehead atoms. The molecule has 1 aliphatic carbocycles. The number of aliphatic hydroxyl groups is 2. The molecule has 0 aromatic heterocycles. The number of hydrogen-bond acceptors (Lipinski definition) is 5. The fourth-order valence-electron chi connectivity index (χ4n) is 4.68. The zero-order chi connectivity index (χ0) is 19.9. The molecule has 1 aromatic rings. The quantitative estimate of drug-likeness (QED) is 0.547. The maximum absolute atomic E-state index is 10.7. The maximum Gasteiger partial charge on any atom is 0.303 e. The Balaban J connectivity index is 1.40. The van der Waals surface area contributed by atoms with Gasteiger partial charge in [-0.3, -0.25) is 4.79 Å². The summed E-state index contributed by atoms with van der Waals surface area (Å²) in [4.78, 5) is 10.7. The van der Waals surface area contributed by atoms with Gasteiger partial charge in [-0.25, -0.2) is 0 Å². The van der Waals surface area contributed by atoms with E-state index in [1.807, 2.05) is 42.1 Å². The molecule has 2 fully saturated rings. The second-order valence-corrected chi connectivity index (χ2v) is 9.69. The lowest BCUT2D eigenvalue weighted by molar-refractivity contribution is -0.137. The van der Waals surface area contributed by atoms with Crippen molar-refractivity contribution in [1.29, 1.82) is 0 Å². The lowest BCUT2D eigenvalue weighted by atomic mass is 9.85. The summed E-state index contributed by atoms with van der Waals surface area (Å²) in [5, 5.41) is 30.6. The standard InChI is InChI=1S/C22H32O5S/c23-15(14-27-16-5-2-1-3-6-16)9-11-18-19-12-10-17(7-4-8-22(25)26)28-21(19)13-20(18)24/h1-3,5-6,15,17-21,23-24H,4,7-14H2,(H,25,26)/t15-,17+,18-,19-,20-,21+/m1/s1. The smallest absolute Gasteiger partial charge is 0.303 e. The van der Waals surface area contributed by atoms with Crippen molar-refractivity contribution in [3.63, 3.8) is 0 Å². The zero-order valence-corrected chi connectivity index (χ0v) is 17.1. The van der Waals surface area contributed by atoms with Gasteiger partial charge in [-0.2, -0.15) is 11.8 Å². The third-order valence-corrected chi connectivity index (χ3v) is 7.87. The molecule has 1 heterocycles. The Hall–Kier alpha value is -1.24. The van der Waals surface area contributed by atoms with E-state index in [9.17, 15) is 15.0 Å². The van der Waals surface area contributed by atoms with E-state index < -0.39 is 12.1 Å². The number of para-hydroxylation sites is 1. The van der Waals surface area contributed by atoms with Crippen LogP contribution in [0.3, 0.4) is 0 Å². The molecule has 1 aromatic carbocycles. The summed E-state index contributed by atoms with van der Waals surface area (Å²) in [5.74, 6) is 0.812. The number of carboxylic acid groups (broad SMARTS) is 1. The molecule has 1 aliphatic heterocycles. The summed E-state index contributed by atoms with van der Waals surface area (Å²) in [7, 11) is 0. The van der Waals surface area contributed by atoms with Crippen LogP contribution in [0.25, 0.3) is 0 Å². The van der Waals surface area contributed by atoms with E-state index >= 15 is 0 Å². The maximum atomic E-state index is 10.7.